The van der Waals surface area contributed by atoms with Crippen LogP contribution < -0.4 is 19.7 Å². The fraction of sp³-hybridized carbons (Fsp3) is 0.429. The van der Waals surface area contributed by atoms with Gasteiger partial charge in [-0.3, -0.25) is 15.0 Å². The molecule has 0 spiro atoms. The summed E-state index contributed by atoms with van der Waals surface area (Å²) in [7, 11) is -3.67. The molecule has 1 aromatic heterocycles. The van der Waals surface area contributed by atoms with Gasteiger partial charge in [0, 0.05) is 18.4 Å². The number of nitrogens with zero attached hydrogens (tertiary/aromatic N) is 3. The number of carbonyl (C=O) groups excluding carboxylic acids is 2. The van der Waals surface area contributed by atoms with E-state index in [4.69, 9.17) is 4.74 Å². The molecule has 1 saturated carbocycles. The van der Waals surface area contributed by atoms with Gasteiger partial charge in [-0.1, -0.05) is 6.07 Å². The van der Waals surface area contributed by atoms with E-state index < -0.39 is 33.8 Å². The van der Waals surface area contributed by atoms with E-state index in [-0.39, 0.29) is 30.4 Å². The van der Waals surface area contributed by atoms with E-state index in [1.807, 2.05) is 0 Å². The number of carbonyl (C=O) groups is 2. The minimum atomic E-state index is -3.67. The Hall–Kier alpha value is -3.12. The molecule has 3 amide bonds. The highest BCUT2D eigenvalue weighted by Crippen LogP contribution is 2.31. The predicted molar refractivity (Wildman–Crippen MR) is 117 cm³/mol. The number of aromatic nitrogens is 2. The van der Waals surface area contributed by atoms with Gasteiger partial charge in [-0.15, -0.1) is 0 Å². The molecule has 2 heterocycles. The van der Waals surface area contributed by atoms with E-state index >= 15 is 0 Å². The van der Waals surface area contributed by atoms with Crippen LogP contribution in [0, 0.1) is 11.7 Å². The highest BCUT2D eigenvalue weighted by atomic mass is 32.2. The van der Waals surface area contributed by atoms with Gasteiger partial charge in [-0.2, -0.15) is 0 Å². The molecule has 2 N–H and O–H groups in total. The van der Waals surface area contributed by atoms with Gasteiger partial charge < -0.3 is 4.74 Å². The average molecular weight is 478 g/mol. The largest absolute Gasteiger partial charge is 0.490 e. The standard InChI is InChI=1S/C21H24FN5O5S/c1-13(16-4-5-17(22)18(8-16)32-12-14-2-3-14)26-33(30,31)7-6-15-9-23-20(24-10-15)27-11-19(28)25-21(27)29/h4-5,8-10,13-14,26H,2-3,6-7,11-12H2,1H3,(H,25,28,29)/t13-/m1/s1. The molecule has 176 valence electrons. The van der Waals surface area contributed by atoms with Gasteiger partial charge in [0.25, 0.3) is 0 Å². The van der Waals surface area contributed by atoms with Crippen molar-refractivity contribution in [3.8, 4) is 5.75 Å². The lowest BCUT2D eigenvalue weighted by molar-refractivity contribution is -0.117. The molecule has 4 rings (SSSR count). The van der Waals surface area contributed by atoms with Crippen molar-refractivity contribution in [2.24, 2.45) is 5.92 Å². The van der Waals surface area contributed by atoms with E-state index in [0.717, 1.165) is 17.7 Å². The number of urea groups is 1. The normalized spacial score (nSPS) is 17.2. The Morgan fingerprint density at radius 3 is 2.64 bits per heavy atom. The summed E-state index contributed by atoms with van der Waals surface area (Å²) in [6.45, 7) is 1.97. The maximum Gasteiger partial charge on any atom is 0.331 e. The molecule has 2 aromatic rings. The minimum Gasteiger partial charge on any atom is -0.490 e. The Morgan fingerprint density at radius 2 is 2.00 bits per heavy atom. The lowest BCUT2D eigenvalue weighted by Gasteiger charge is -2.16. The number of amides is 3. The summed E-state index contributed by atoms with van der Waals surface area (Å²) in [4.78, 5) is 32.1. The number of hydrogen-bond acceptors (Lipinski definition) is 7. The van der Waals surface area contributed by atoms with E-state index in [1.54, 1.807) is 6.92 Å². The van der Waals surface area contributed by atoms with E-state index in [2.05, 4.69) is 20.0 Å². The second-order valence-electron chi connectivity index (χ2n) is 8.18. The maximum absolute atomic E-state index is 14.0. The van der Waals surface area contributed by atoms with Crippen molar-refractivity contribution in [3.63, 3.8) is 0 Å². The molecule has 1 aliphatic carbocycles. The Morgan fingerprint density at radius 1 is 1.27 bits per heavy atom. The van der Waals surface area contributed by atoms with Crippen LogP contribution in [0.3, 0.4) is 0 Å². The highest BCUT2D eigenvalue weighted by Gasteiger charge is 2.30. The SMILES string of the molecule is C[C@@H](NS(=O)(=O)CCc1cnc(N2CC(=O)NC2=O)nc1)c1ccc(F)c(OCC2CC2)c1. The van der Waals surface area contributed by atoms with Crippen molar-refractivity contribution in [1.29, 1.82) is 0 Å². The summed E-state index contributed by atoms with van der Waals surface area (Å²) < 4.78 is 47.2. The Bertz CT molecular complexity index is 1150. The van der Waals surface area contributed by atoms with Crippen LogP contribution in [0.4, 0.5) is 15.1 Å². The maximum atomic E-state index is 14.0. The Labute approximate surface area is 190 Å². The molecular formula is C21H24FN5O5S. The number of halogens is 1. The lowest BCUT2D eigenvalue weighted by atomic mass is 10.1. The van der Waals surface area contributed by atoms with Crippen LogP contribution in [-0.4, -0.2) is 49.2 Å². The van der Waals surface area contributed by atoms with Gasteiger partial charge >= 0.3 is 6.03 Å². The molecule has 1 saturated heterocycles. The molecule has 10 nitrogen and oxygen atoms in total. The van der Waals surface area contributed by atoms with Crippen LogP contribution in [-0.2, 0) is 21.2 Å². The number of anilines is 1. The summed E-state index contributed by atoms with van der Waals surface area (Å²) in [5, 5.41) is 2.13. The number of benzene rings is 1. The van der Waals surface area contributed by atoms with E-state index in [9.17, 15) is 22.4 Å². The zero-order chi connectivity index (χ0) is 23.6. The molecule has 0 unspecified atom stereocenters. The minimum absolute atomic E-state index is 0.0627. The number of ether oxygens (including phenoxy) is 1. The van der Waals surface area contributed by atoms with Crippen LogP contribution in [0.25, 0.3) is 0 Å². The first-order valence-corrected chi connectivity index (χ1v) is 12.2. The molecule has 12 heteroatoms. The molecule has 1 aliphatic heterocycles. The molecule has 2 aliphatic rings. The van der Waals surface area contributed by atoms with Gasteiger partial charge in [-0.05, 0) is 55.4 Å². The zero-order valence-corrected chi connectivity index (χ0v) is 18.8. The van der Waals surface area contributed by atoms with Crippen molar-refractivity contribution in [2.45, 2.75) is 32.2 Å². The monoisotopic (exact) mass is 477 g/mol. The van der Waals surface area contributed by atoms with Crippen molar-refractivity contribution in [1.82, 2.24) is 20.0 Å². The highest BCUT2D eigenvalue weighted by molar-refractivity contribution is 7.89. The first-order valence-electron chi connectivity index (χ1n) is 10.5. The summed E-state index contributed by atoms with van der Waals surface area (Å²) in [5.41, 5.74) is 1.15. The lowest BCUT2D eigenvalue weighted by Crippen LogP contribution is -2.30. The topological polar surface area (TPSA) is 131 Å². The Balaban J connectivity index is 1.33. The van der Waals surface area contributed by atoms with Gasteiger partial charge in [0.1, 0.15) is 6.54 Å². The first-order chi connectivity index (χ1) is 15.7. The predicted octanol–water partition coefficient (Wildman–Crippen LogP) is 1.68. The molecule has 0 radical (unpaired) electrons. The third kappa shape index (κ3) is 6.02. The molecule has 33 heavy (non-hydrogen) atoms. The Kier molecular flexibility index (Phi) is 6.56. The number of aryl methyl sites for hydroxylation is 1. The molecule has 1 atom stereocenters. The summed E-state index contributed by atoms with van der Waals surface area (Å²) in [5.74, 6) is -0.481. The second-order valence-corrected chi connectivity index (χ2v) is 10.1. The summed E-state index contributed by atoms with van der Waals surface area (Å²) in [6.07, 6.45) is 5.14. The fourth-order valence-electron chi connectivity index (χ4n) is 3.26. The number of hydrogen-bond donors (Lipinski definition) is 2. The van der Waals surface area contributed by atoms with Crippen LogP contribution in [0.15, 0.2) is 30.6 Å². The molecule has 1 aromatic carbocycles. The number of imide groups is 1. The van der Waals surface area contributed by atoms with Crippen LogP contribution in [0.1, 0.15) is 36.9 Å². The zero-order valence-electron chi connectivity index (χ0n) is 18.0. The number of sulfonamides is 1. The van der Waals surface area contributed by atoms with Crippen LogP contribution in [0.5, 0.6) is 5.75 Å². The third-order valence-electron chi connectivity index (χ3n) is 5.37. The number of nitrogens with one attached hydrogen (secondary N) is 2. The van der Waals surface area contributed by atoms with Crippen molar-refractivity contribution < 1.29 is 27.1 Å². The fourth-order valence-corrected chi connectivity index (χ4v) is 4.56. The number of rotatable bonds is 10. The van der Waals surface area contributed by atoms with Crippen molar-refractivity contribution >= 4 is 27.9 Å². The quantitative estimate of drug-likeness (QED) is 0.498. The van der Waals surface area contributed by atoms with E-state index in [1.165, 1.54) is 30.6 Å². The molecule has 2 fully saturated rings. The van der Waals surface area contributed by atoms with E-state index in [0.29, 0.717) is 23.7 Å². The van der Waals surface area contributed by atoms with Crippen molar-refractivity contribution in [2.75, 3.05) is 23.8 Å². The van der Waals surface area contributed by atoms with Crippen molar-refractivity contribution in [3.05, 3.63) is 47.5 Å². The average Bonchev–Trinajstić information content (AvgIpc) is 3.54. The third-order valence-corrected chi connectivity index (χ3v) is 6.82. The van der Waals surface area contributed by atoms with Crippen LogP contribution in [0.2, 0.25) is 0 Å². The van der Waals surface area contributed by atoms with Gasteiger partial charge in [0.15, 0.2) is 11.6 Å². The molecular weight excluding hydrogens is 453 g/mol. The second kappa shape index (κ2) is 9.40. The van der Waals surface area contributed by atoms with Gasteiger partial charge in [0.2, 0.25) is 21.9 Å². The van der Waals surface area contributed by atoms with Gasteiger partial charge in [-0.25, -0.2) is 32.3 Å². The smallest absolute Gasteiger partial charge is 0.331 e. The first kappa shape index (κ1) is 23.1. The van der Waals surface area contributed by atoms with Crippen LogP contribution >= 0.6 is 0 Å². The summed E-state index contributed by atoms with van der Waals surface area (Å²) in [6, 6.07) is 3.14. The summed E-state index contributed by atoms with van der Waals surface area (Å²) >= 11 is 0. The van der Waals surface area contributed by atoms with Gasteiger partial charge in [0.05, 0.1) is 12.4 Å². The molecule has 0 bridgehead atoms.